The fourth-order valence-electron chi connectivity index (χ4n) is 2.89. The van der Waals surface area contributed by atoms with E-state index in [0.29, 0.717) is 23.0 Å². The molecule has 1 N–H and O–H groups in total. The van der Waals surface area contributed by atoms with Crippen LogP contribution in [0.25, 0.3) is 0 Å². The van der Waals surface area contributed by atoms with Crippen molar-refractivity contribution in [3.05, 3.63) is 93.9 Å². The van der Waals surface area contributed by atoms with E-state index in [1.807, 2.05) is 24.3 Å². The monoisotopic (exact) mass is 552 g/mol. The van der Waals surface area contributed by atoms with Crippen molar-refractivity contribution >= 4 is 60.9 Å². The van der Waals surface area contributed by atoms with Crippen LogP contribution in [0, 0.1) is 0 Å². The quantitative estimate of drug-likeness (QED) is 0.344. The molecule has 0 aliphatic rings. The van der Waals surface area contributed by atoms with E-state index in [4.69, 9.17) is 11.6 Å². The van der Waals surface area contributed by atoms with Gasteiger partial charge in [-0.25, -0.2) is 8.42 Å². The number of anilines is 1. The molecular formula is C23H22BrClN2O3S2. The summed E-state index contributed by atoms with van der Waals surface area (Å²) in [5.41, 5.74) is 1.53. The van der Waals surface area contributed by atoms with Crippen molar-refractivity contribution < 1.29 is 13.2 Å². The molecule has 0 aliphatic carbocycles. The molecule has 32 heavy (non-hydrogen) atoms. The molecule has 3 aromatic carbocycles. The van der Waals surface area contributed by atoms with Gasteiger partial charge in [0.1, 0.15) is 6.54 Å². The molecule has 0 saturated heterocycles. The van der Waals surface area contributed by atoms with Crippen LogP contribution in [0.15, 0.2) is 88.2 Å². The van der Waals surface area contributed by atoms with Crippen LogP contribution in [-0.4, -0.2) is 33.2 Å². The molecule has 168 valence electrons. The fraction of sp³-hybridized carbons (Fsp3) is 0.174. The van der Waals surface area contributed by atoms with Crippen molar-refractivity contribution in [3.8, 4) is 0 Å². The van der Waals surface area contributed by atoms with Gasteiger partial charge in [-0.3, -0.25) is 9.10 Å². The molecule has 0 radical (unpaired) electrons. The summed E-state index contributed by atoms with van der Waals surface area (Å²) in [4.78, 5) is 12.7. The normalized spacial score (nSPS) is 11.2. The molecule has 0 heterocycles. The highest BCUT2D eigenvalue weighted by Gasteiger charge is 2.27. The first kappa shape index (κ1) is 24.6. The van der Waals surface area contributed by atoms with E-state index in [-0.39, 0.29) is 17.3 Å². The number of nitrogens with zero attached hydrogens (tertiary/aromatic N) is 1. The van der Waals surface area contributed by atoms with Crippen molar-refractivity contribution in [2.75, 3.05) is 23.1 Å². The number of benzene rings is 3. The molecular weight excluding hydrogens is 532 g/mol. The van der Waals surface area contributed by atoms with E-state index >= 15 is 0 Å². The molecule has 0 fully saturated rings. The molecule has 3 aromatic rings. The topological polar surface area (TPSA) is 66.5 Å². The van der Waals surface area contributed by atoms with Crippen molar-refractivity contribution in [3.63, 3.8) is 0 Å². The van der Waals surface area contributed by atoms with Crippen LogP contribution in [0.4, 0.5) is 5.69 Å². The third kappa shape index (κ3) is 7.00. The number of sulfonamides is 1. The Labute approximate surface area is 206 Å². The number of nitrogens with one attached hydrogen (secondary N) is 1. The third-order valence-electron chi connectivity index (χ3n) is 4.47. The van der Waals surface area contributed by atoms with Gasteiger partial charge >= 0.3 is 0 Å². The number of hydrogen-bond acceptors (Lipinski definition) is 4. The predicted molar refractivity (Wildman–Crippen MR) is 136 cm³/mol. The second kappa shape index (κ2) is 11.7. The zero-order chi connectivity index (χ0) is 23.0. The van der Waals surface area contributed by atoms with Crippen LogP contribution in [-0.2, 0) is 20.6 Å². The van der Waals surface area contributed by atoms with Crippen molar-refractivity contribution in [2.45, 2.75) is 10.6 Å². The molecule has 0 saturated carbocycles. The van der Waals surface area contributed by atoms with Gasteiger partial charge in [0.25, 0.3) is 10.0 Å². The van der Waals surface area contributed by atoms with Crippen LogP contribution < -0.4 is 9.62 Å². The van der Waals surface area contributed by atoms with Crippen LogP contribution in [0.1, 0.15) is 5.56 Å². The maximum absolute atomic E-state index is 13.2. The molecule has 5 nitrogen and oxygen atoms in total. The Balaban J connectivity index is 1.62. The van der Waals surface area contributed by atoms with Gasteiger partial charge in [-0.05, 0) is 48.0 Å². The van der Waals surface area contributed by atoms with Crippen molar-refractivity contribution in [1.82, 2.24) is 5.32 Å². The summed E-state index contributed by atoms with van der Waals surface area (Å²) in [6, 6.07) is 22.6. The zero-order valence-corrected chi connectivity index (χ0v) is 21.1. The standard InChI is InChI=1S/C23H22BrClN2O3S2/c24-19-11-9-18(10-12-19)17-31-14-13-26-23(28)16-27(21-6-4-5-20(25)15-21)32(29,30)22-7-2-1-3-8-22/h1-12,15H,13-14,16-17H2,(H,26,28). The van der Waals surface area contributed by atoms with E-state index in [2.05, 4.69) is 21.2 Å². The number of thioether (sulfide) groups is 1. The molecule has 3 rings (SSSR count). The molecule has 0 spiro atoms. The second-order valence-corrected chi connectivity index (χ2v) is 11.2. The van der Waals surface area contributed by atoms with E-state index in [9.17, 15) is 13.2 Å². The smallest absolute Gasteiger partial charge is 0.264 e. The average molecular weight is 554 g/mol. The van der Waals surface area contributed by atoms with Crippen LogP contribution >= 0.6 is 39.3 Å². The zero-order valence-electron chi connectivity index (χ0n) is 17.1. The second-order valence-electron chi connectivity index (χ2n) is 6.83. The first-order chi connectivity index (χ1) is 15.4. The Bertz CT molecular complexity index is 1140. The number of halogens is 2. The Morgan fingerprint density at radius 2 is 1.72 bits per heavy atom. The van der Waals surface area contributed by atoms with Gasteiger partial charge in [-0.2, -0.15) is 11.8 Å². The maximum Gasteiger partial charge on any atom is 0.264 e. The molecule has 9 heteroatoms. The summed E-state index contributed by atoms with van der Waals surface area (Å²) in [7, 11) is -3.94. The average Bonchev–Trinajstić information content (AvgIpc) is 2.79. The first-order valence-electron chi connectivity index (χ1n) is 9.78. The lowest BCUT2D eigenvalue weighted by atomic mass is 10.2. The largest absolute Gasteiger partial charge is 0.354 e. The van der Waals surface area contributed by atoms with Gasteiger partial charge in [0.05, 0.1) is 10.6 Å². The third-order valence-corrected chi connectivity index (χ3v) is 8.05. The SMILES string of the molecule is O=C(CN(c1cccc(Cl)c1)S(=O)(=O)c1ccccc1)NCCSCc1ccc(Br)cc1. The van der Waals surface area contributed by atoms with Crippen molar-refractivity contribution in [2.24, 2.45) is 0 Å². The summed E-state index contributed by atoms with van der Waals surface area (Å²) in [6.07, 6.45) is 0. The summed E-state index contributed by atoms with van der Waals surface area (Å²) < 4.78 is 28.6. The number of amides is 1. The molecule has 0 atom stereocenters. The van der Waals surface area contributed by atoms with Gasteiger partial charge < -0.3 is 5.32 Å². The summed E-state index contributed by atoms with van der Waals surface area (Å²) in [5, 5.41) is 3.20. The lowest BCUT2D eigenvalue weighted by molar-refractivity contribution is -0.119. The highest BCUT2D eigenvalue weighted by atomic mass is 79.9. The lowest BCUT2D eigenvalue weighted by Gasteiger charge is -2.24. The number of carbonyl (C=O) groups excluding carboxylic acids is 1. The van der Waals surface area contributed by atoms with Gasteiger partial charge in [-0.15, -0.1) is 0 Å². The molecule has 0 bridgehead atoms. The molecule has 0 aliphatic heterocycles. The van der Waals surface area contributed by atoms with E-state index in [1.165, 1.54) is 23.8 Å². The summed E-state index contributed by atoms with van der Waals surface area (Å²) >= 11 is 11.2. The predicted octanol–water partition coefficient (Wildman–Crippen LogP) is 5.35. The fourth-order valence-corrected chi connectivity index (χ4v) is 5.59. The van der Waals surface area contributed by atoms with Crippen LogP contribution in [0.3, 0.4) is 0 Å². The number of hydrogen-bond donors (Lipinski definition) is 1. The number of carbonyl (C=O) groups is 1. The molecule has 0 unspecified atom stereocenters. The Kier molecular flexibility index (Phi) is 9.04. The van der Waals surface area contributed by atoms with Crippen LogP contribution in [0.2, 0.25) is 5.02 Å². The van der Waals surface area contributed by atoms with Gasteiger partial charge in [0, 0.05) is 27.5 Å². The van der Waals surface area contributed by atoms with Crippen molar-refractivity contribution in [1.29, 1.82) is 0 Å². The van der Waals surface area contributed by atoms with E-state index < -0.39 is 10.0 Å². The Morgan fingerprint density at radius 3 is 2.41 bits per heavy atom. The summed E-state index contributed by atoms with van der Waals surface area (Å²) in [5.74, 6) is 1.17. The highest BCUT2D eigenvalue weighted by Crippen LogP contribution is 2.26. The minimum atomic E-state index is -3.94. The highest BCUT2D eigenvalue weighted by molar-refractivity contribution is 9.10. The van der Waals surface area contributed by atoms with Gasteiger partial charge in [0.15, 0.2) is 0 Å². The minimum Gasteiger partial charge on any atom is -0.354 e. The van der Waals surface area contributed by atoms with E-state index in [0.717, 1.165) is 14.5 Å². The van der Waals surface area contributed by atoms with Crippen LogP contribution in [0.5, 0.6) is 0 Å². The molecule has 0 aromatic heterocycles. The summed E-state index contributed by atoms with van der Waals surface area (Å²) in [6.45, 7) is 0.101. The minimum absolute atomic E-state index is 0.109. The van der Waals surface area contributed by atoms with Gasteiger partial charge in [0.2, 0.25) is 5.91 Å². The van der Waals surface area contributed by atoms with Gasteiger partial charge in [-0.1, -0.05) is 63.9 Å². The Hall–Kier alpha value is -2.00. The van der Waals surface area contributed by atoms with E-state index in [1.54, 1.807) is 48.2 Å². The number of rotatable bonds is 10. The first-order valence-corrected chi connectivity index (χ1v) is 13.5. The maximum atomic E-state index is 13.2. The molecule has 1 amide bonds. The Morgan fingerprint density at radius 1 is 1.00 bits per heavy atom. The lowest BCUT2D eigenvalue weighted by Crippen LogP contribution is -2.41.